The van der Waals surface area contributed by atoms with Crippen LogP contribution in [0, 0.1) is 40.5 Å². The molecule has 4 amide bonds. The Kier molecular flexibility index (Phi) is 32.3. The Labute approximate surface area is 854 Å². The quantitative estimate of drug-likeness (QED) is 0.0126. The number of benzene rings is 7. The zero-order valence-corrected chi connectivity index (χ0v) is 83.6. The van der Waals surface area contributed by atoms with Gasteiger partial charge in [-0.25, -0.2) is 0 Å². The van der Waals surface area contributed by atoms with Crippen LogP contribution in [0.25, 0.3) is 17.3 Å². The van der Waals surface area contributed by atoms with Crippen LogP contribution in [-0.2, 0) is 49.0 Å². The number of carbonyl (C=O) groups excluding carboxylic acids is 9. The fourth-order valence-corrected chi connectivity index (χ4v) is 16.4. The van der Waals surface area contributed by atoms with Gasteiger partial charge in [0, 0.05) is 41.4 Å². The maximum atomic E-state index is 14.1. The molecular formula is C111H100F8N14O17. The lowest BCUT2D eigenvalue weighted by atomic mass is 9.91. The second-order valence-corrected chi connectivity index (χ2v) is 37.0. The van der Waals surface area contributed by atoms with E-state index >= 15 is 0 Å². The number of amides is 4. The predicted octanol–water partition coefficient (Wildman–Crippen LogP) is 22.3. The number of aromatic nitrogens is 10. The number of alkyl halides is 8. The van der Waals surface area contributed by atoms with Crippen molar-refractivity contribution in [2.45, 2.75) is 177 Å². The number of ketones is 4. The van der Waals surface area contributed by atoms with Gasteiger partial charge in [-0.05, 0) is 199 Å². The number of aliphatic hydroxyl groups excluding tert-OH is 3. The first-order chi connectivity index (χ1) is 70.9. The molecule has 39 heteroatoms. The molecule has 10 heterocycles. The highest BCUT2D eigenvalue weighted by atomic mass is 19.4. The Bertz CT molecular complexity index is 7370. The van der Waals surface area contributed by atoms with Gasteiger partial charge in [0.2, 0.25) is 5.76 Å². The van der Waals surface area contributed by atoms with Crippen molar-refractivity contribution in [1.29, 1.82) is 0 Å². The molecule has 0 spiro atoms. The van der Waals surface area contributed by atoms with Crippen LogP contribution >= 0.6 is 0 Å². The van der Waals surface area contributed by atoms with Gasteiger partial charge in [0.25, 0.3) is 35.1 Å². The standard InChI is InChI=1S/C30H28F3N3O5.C29H26N4O5.C26H22F3N3O4.C26H24F2N4O3/c1-16(2)19-7-9-21(10-8-19)26(37)24-25(20-11-13-22(14-12-20)41-30(31,32)33)36(23-15-6-18(5)34-35-23)28(38)27(24)40-29(39)17(3)4;1-16(2)19-6-8-21(9-7-19)27(34)25-26(33(29(36)28(25)35)23-14-5-17(3)30-31-23)20-10-12-22(13-11-20)37-24-15-18(4)38-32-24;1-14(2)16-5-7-18(8-6-16)23(33)21-22(17-9-11-19(12-10-17)36-26(27,28)29)32(25(35)24(21)34)20-13-4-15(3)30-31-20;1-14(2)16-6-8-17(9-7-16)23(33)21-22(18-10-11-19(29-13-18)26(4,27)28)32(25(35)24(21)34)20-12-5-15(3)30-31-20/h6-17,25H,1-5H3;5-16,26,34H,1-4H3;4-14,22,33H,1-3H3;5-14,22,33H,1-4H3/t;;22-;/m..1./s1. The van der Waals surface area contributed by atoms with Crippen LogP contribution in [0.15, 0.2) is 275 Å². The summed E-state index contributed by atoms with van der Waals surface area (Å²) in [6, 6.07) is 56.7. The molecule has 150 heavy (non-hydrogen) atoms. The fourth-order valence-electron chi connectivity index (χ4n) is 16.4. The molecule has 7 aromatic carbocycles. The van der Waals surface area contributed by atoms with Crippen molar-refractivity contribution < 1.29 is 117 Å². The Balaban J connectivity index is 0.000000158. The number of esters is 1. The lowest BCUT2D eigenvalue weighted by Gasteiger charge is -2.26. The van der Waals surface area contributed by atoms with Gasteiger partial charge in [-0.1, -0.05) is 209 Å². The molecule has 0 bridgehead atoms. The van der Waals surface area contributed by atoms with E-state index in [-0.39, 0.29) is 97.1 Å². The Morgan fingerprint density at radius 3 is 0.933 bits per heavy atom. The molecule has 6 aromatic heterocycles. The van der Waals surface area contributed by atoms with Gasteiger partial charge in [0.1, 0.15) is 46.0 Å². The number of ether oxygens (including phenoxy) is 4. The van der Waals surface area contributed by atoms with E-state index < -0.39 is 130 Å². The normalized spacial score (nSPS) is 17.0. The first kappa shape index (κ1) is 108. The average Bonchev–Trinajstić information content (AvgIpc) is 1.60. The molecule has 772 valence electrons. The molecule has 0 radical (unpaired) electrons. The minimum absolute atomic E-state index is 0.0320. The zero-order chi connectivity index (χ0) is 109. The molecule has 17 rings (SSSR count). The van der Waals surface area contributed by atoms with E-state index in [2.05, 4.69) is 74.3 Å². The number of rotatable bonds is 24. The van der Waals surface area contributed by atoms with Crippen molar-refractivity contribution in [1.82, 2.24) is 50.9 Å². The summed E-state index contributed by atoms with van der Waals surface area (Å²) < 4.78 is 128. The molecule has 13 aromatic rings. The highest BCUT2D eigenvalue weighted by Crippen LogP contribution is 2.49. The van der Waals surface area contributed by atoms with Crippen LogP contribution in [0.2, 0.25) is 0 Å². The lowest BCUT2D eigenvalue weighted by Crippen LogP contribution is -2.32. The van der Waals surface area contributed by atoms with Crippen LogP contribution in [-0.4, -0.2) is 132 Å². The zero-order valence-electron chi connectivity index (χ0n) is 83.6. The number of aryl methyl sites for hydroxylation is 5. The van der Waals surface area contributed by atoms with E-state index in [4.69, 9.17) is 14.0 Å². The van der Waals surface area contributed by atoms with Crippen LogP contribution < -0.4 is 33.8 Å². The summed E-state index contributed by atoms with van der Waals surface area (Å²) in [7, 11) is 0. The third kappa shape index (κ3) is 24.4. The summed E-state index contributed by atoms with van der Waals surface area (Å²) in [4.78, 5) is 128. The summed E-state index contributed by atoms with van der Waals surface area (Å²) in [5.74, 6) is -11.0. The van der Waals surface area contributed by atoms with Crippen molar-refractivity contribution in [3.8, 4) is 23.1 Å². The number of carbonyl (C=O) groups is 9. The van der Waals surface area contributed by atoms with Crippen LogP contribution in [0.5, 0.6) is 23.1 Å². The molecule has 3 N–H and O–H groups in total. The van der Waals surface area contributed by atoms with Gasteiger partial charge < -0.3 is 38.8 Å². The second-order valence-electron chi connectivity index (χ2n) is 37.0. The third-order valence-electron chi connectivity index (χ3n) is 24.4. The van der Waals surface area contributed by atoms with Crippen LogP contribution in [0.1, 0.15) is 230 Å². The van der Waals surface area contributed by atoms with Crippen molar-refractivity contribution in [2.24, 2.45) is 5.92 Å². The highest BCUT2D eigenvalue weighted by molar-refractivity contribution is 6.53. The monoisotopic (exact) mass is 2050 g/mol. The SMILES string of the molecule is Cc1ccc(N2C(=O)C(=O)C(=C(O)c3ccc(C(C)C)cc3)C2c2ccc(C(C)(F)F)nc2)nn1.Cc1ccc(N2C(=O)C(=O)C(=C(O)c3ccc(C(C)C)cc3)C2c2ccc(Oc3cc(C)on3)cc2)nn1.Cc1ccc(N2C(=O)C(=O)C(=C(O)c3ccc(C(C)C)cc3)[C@H]2c2ccc(OC(F)(F)F)cc2)nn1.Cc1ccc(N2C(=O)C(OC(=O)C(C)C)=C(C(=O)c3ccc(C(C)C)cc3)C2c2ccc(OC(F)(F)F)cc2)nn1. The topological polar surface area (TPSA) is 406 Å². The summed E-state index contributed by atoms with van der Waals surface area (Å²) in [5.41, 5.74) is 8.16. The molecule has 4 aliphatic rings. The van der Waals surface area contributed by atoms with Crippen molar-refractivity contribution >= 4 is 93.3 Å². The number of pyridine rings is 1. The number of anilines is 4. The molecule has 31 nitrogen and oxygen atoms in total. The van der Waals surface area contributed by atoms with Crippen LogP contribution in [0.4, 0.5) is 58.4 Å². The molecule has 3 unspecified atom stereocenters. The van der Waals surface area contributed by atoms with Gasteiger partial charge in [-0.2, -0.15) is 29.2 Å². The predicted molar refractivity (Wildman–Crippen MR) is 534 cm³/mol. The number of hydrogen-bond donors (Lipinski definition) is 3. The van der Waals surface area contributed by atoms with E-state index in [1.807, 2.05) is 65.8 Å². The molecule has 4 atom stereocenters. The van der Waals surface area contributed by atoms with Crippen molar-refractivity contribution in [3.63, 3.8) is 0 Å². The number of halogens is 8. The summed E-state index contributed by atoms with van der Waals surface area (Å²) in [5, 5.41) is 69.7. The molecular weight excluding hydrogens is 1950 g/mol. The van der Waals surface area contributed by atoms with E-state index in [0.29, 0.717) is 68.3 Å². The van der Waals surface area contributed by atoms with Crippen molar-refractivity contribution in [2.75, 3.05) is 19.6 Å². The Morgan fingerprint density at radius 2 is 0.660 bits per heavy atom. The maximum Gasteiger partial charge on any atom is 0.573 e. The molecule has 4 aliphatic heterocycles. The van der Waals surface area contributed by atoms with E-state index in [1.54, 1.807) is 182 Å². The Morgan fingerprint density at radius 1 is 0.360 bits per heavy atom. The minimum Gasteiger partial charge on any atom is -0.507 e. The first-order valence-electron chi connectivity index (χ1n) is 47.1. The smallest absolute Gasteiger partial charge is 0.507 e. The average molecular weight is 2050 g/mol. The molecule has 3 saturated heterocycles. The summed E-state index contributed by atoms with van der Waals surface area (Å²) in [6.07, 6.45) is -8.61. The summed E-state index contributed by atoms with van der Waals surface area (Å²) >= 11 is 0. The van der Waals surface area contributed by atoms with Crippen molar-refractivity contribution in [3.05, 3.63) is 372 Å². The highest BCUT2D eigenvalue weighted by Gasteiger charge is 2.53. The van der Waals surface area contributed by atoms with E-state index in [9.17, 15) is 93.6 Å². The maximum absolute atomic E-state index is 14.1. The number of nitrogens with zero attached hydrogens (tertiary/aromatic N) is 14. The van der Waals surface area contributed by atoms with Gasteiger partial charge in [0.15, 0.2) is 29.1 Å². The largest absolute Gasteiger partial charge is 0.573 e. The Hall–Kier alpha value is -17.6. The first-order valence-corrected chi connectivity index (χ1v) is 47.1. The minimum atomic E-state index is -4.91. The fraction of sp³-hybridized carbons (Fsp3) is 0.252. The van der Waals surface area contributed by atoms with Gasteiger partial charge >= 0.3 is 36.4 Å². The third-order valence-corrected chi connectivity index (χ3v) is 24.4. The van der Waals surface area contributed by atoms with Gasteiger partial charge in [-0.3, -0.25) is 67.7 Å². The van der Waals surface area contributed by atoms with Gasteiger partial charge in [-0.15, -0.1) is 46.7 Å². The lowest BCUT2D eigenvalue weighted by molar-refractivity contribution is -0.275. The molecule has 3 fully saturated rings. The second kappa shape index (κ2) is 44.8. The molecule has 0 aliphatic carbocycles. The molecule has 0 saturated carbocycles. The summed E-state index contributed by atoms with van der Waals surface area (Å²) in [6.45, 7) is 28.7. The van der Waals surface area contributed by atoms with E-state index in [0.717, 1.165) is 74.2 Å². The van der Waals surface area contributed by atoms with Crippen LogP contribution in [0.3, 0.4) is 0 Å². The van der Waals surface area contributed by atoms with E-state index in [1.165, 1.54) is 59.6 Å². The number of aliphatic hydroxyl groups is 3. The number of Topliss-reactive ketones (excluding diaryl/α,β-unsaturated/α-hetero) is 4. The van der Waals surface area contributed by atoms with Gasteiger partial charge in [0.05, 0.1) is 75.2 Å². The number of hydrogen-bond acceptors (Lipinski definition) is 27.